The van der Waals surface area contributed by atoms with Crippen LogP contribution in [0.4, 0.5) is 5.69 Å². The molecule has 4 rings (SSSR count). The first kappa shape index (κ1) is 28.6. The van der Waals surface area contributed by atoms with E-state index in [0.29, 0.717) is 18.5 Å². The molecule has 0 spiro atoms. The van der Waals surface area contributed by atoms with Crippen LogP contribution in [0.3, 0.4) is 0 Å². The molecular weight excluding hydrogens is 480 g/mol. The quantitative estimate of drug-likeness (QED) is 0.532. The number of ketones is 1. The molecule has 1 aromatic carbocycles. The number of likely N-dealkylation sites (tertiary alicyclic amines) is 1. The number of piperazine rings is 1. The standard InChI is InChI=1S/C30H46N4O4/c1-7-13-32-14-16-33(17-15-32)22-11-9-21(10-12-22)28(36)31-27(30(5,6)8-2)29(37)34-18-23(20(3)4)26-25(34)24(35)19-38-26/h9-12,20,23,25-27H,7-8,13-19H2,1-6H3,(H,31,36)/t23-,25+,26+,27+/m0/s1. The summed E-state index contributed by atoms with van der Waals surface area (Å²) < 4.78 is 5.83. The summed E-state index contributed by atoms with van der Waals surface area (Å²) in [7, 11) is 0. The molecule has 4 atom stereocenters. The van der Waals surface area contributed by atoms with Gasteiger partial charge in [0.05, 0.1) is 6.10 Å². The molecule has 0 saturated carbocycles. The van der Waals surface area contributed by atoms with E-state index in [9.17, 15) is 14.4 Å². The number of nitrogens with one attached hydrogen (secondary N) is 1. The highest BCUT2D eigenvalue weighted by Gasteiger charge is 2.54. The van der Waals surface area contributed by atoms with Crippen molar-refractivity contribution < 1.29 is 19.1 Å². The molecule has 8 nitrogen and oxygen atoms in total. The Labute approximate surface area is 228 Å². The van der Waals surface area contributed by atoms with E-state index >= 15 is 0 Å². The van der Waals surface area contributed by atoms with Gasteiger partial charge in [0.25, 0.3) is 5.91 Å². The Bertz CT molecular complexity index is 1000. The normalized spacial score (nSPS) is 25.1. The number of amides is 2. The van der Waals surface area contributed by atoms with E-state index in [4.69, 9.17) is 4.74 Å². The van der Waals surface area contributed by atoms with Gasteiger partial charge in [0.2, 0.25) is 5.91 Å². The number of Topliss-reactive ketones (excluding diaryl/α,β-unsaturated/α-hetero) is 1. The molecule has 1 aromatic rings. The van der Waals surface area contributed by atoms with Crippen LogP contribution in [0.5, 0.6) is 0 Å². The zero-order valence-electron chi connectivity index (χ0n) is 24.0. The Kier molecular flexibility index (Phi) is 8.82. The number of rotatable bonds is 9. The molecule has 3 aliphatic rings. The maximum Gasteiger partial charge on any atom is 0.251 e. The van der Waals surface area contributed by atoms with Crippen LogP contribution in [0.1, 0.15) is 64.7 Å². The molecule has 38 heavy (non-hydrogen) atoms. The van der Waals surface area contributed by atoms with Crippen LogP contribution in [0.25, 0.3) is 0 Å². The Hall–Kier alpha value is -2.45. The third kappa shape index (κ3) is 5.76. The number of nitrogens with zero attached hydrogens (tertiary/aromatic N) is 3. The third-order valence-electron chi connectivity index (χ3n) is 8.99. The number of fused-ring (bicyclic) bond motifs is 1. The predicted octanol–water partition coefficient (Wildman–Crippen LogP) is 3.20. The Morgan fingerprint density at radius 1 is 1.08 bits per heavy atom. The topological polar surface area (TPSA) is 82.2 Å². The zero-order chi connectivity index (χ0) is 27.6. The van der Waals surface area contributed by atoms with Crippen molar-refractivity contribution >= 4 is 23.3 Å². The first-order valence-electron chi connectivity index (χ1n) is 14.4. The fraction of sp³-hybridized carbons (Fsp3) is 0.700. The van der Waals surface area contributed by atoms with E-state index in [1.165, 1.54) is 6.42 Å². The van der Waals surface area contributed by atoms with E-state index < -0.39 is 17.5 Å². The molecule has 0 unspecified atom stereocenters. The lowest BCUT2D eigenvalue weighted by molar-refractivity contribution is -0.140. The first-order valence-corrected chi connectivity index (χ1v) is 14.4. The molecule has 8 heteroatoms. The lowest BCUT2D eigenvalue weighted by Gasteiger charge is -2.37. The third-order valence-corrected chi connectivity index (χ3v) is 8.99. The van der Waals surface area contributed by atoms with Gasteiger partial charge in [-0.15, -0.1) is 0 Å². The van der Waals surface area contributed by atoms with Crippen LogP contribution in [-0.2, 0) is 14.3 Å². The molecule has 210 valence electrons. The number of anilines is 1. The number of carbonyl (C=O) groups is 3. The highest BCUT2D eigenvalue weighted by atomic mass is 16.5. The van der Waals surface area contributed by atoms with Gasteiger partial charge in [0, 0.05) is 49.9 Å². The summed E-state index contributed by atoms with van der Waals surface area (Å²) in [5.74, 6) is -0.116. The summed E-state index contributed by atoms with van der Waals surface area (Å²) in [6, 6.07) is 6.39. The van der Waals surface area contributed by atoms with Crippen LogP contribution < -0.4 is 10.2 Å². The highest BCUT2D eigenvalue weighted by Crippen LogP contribution is 2.38. The summed E-state index contributed by atoms with van der Waals surface area (Å²) >= 11 is 0. The van der Waals surface area contributed by atoms with Gasteiger partial charge < -0.3 is 19.9 Å². The van der Waals surface area contributed by atoms with Crippen LogP contribution in [0.15, 0.2) is 24.3 Å². The molecule has 1 N–H and O–H groups in total. The maximum atomic E-state index is 14.0. The van der Waals surface area contributed by atoms with Gasteiger partial charge in [-0.3, -0.25) is 19.3 Å². The fourth-order valence-corrected chi connectivity index (χ4v) is 6.05. The molecule has 0 aromatic heterocycles. The van der Waals surface area contributed by atoms with Crippen molar-refractivity contribution in [1.29, 1.82) is 0 Å². The minimum absolute atomic E-state index is 0.0444. The van der Waals surface area contributed by atoms with E-state index in [1.807, 2.05) is 45.0 Å². The van der Waals surface area contributed by atoms with Crippen molar-refractivity contribution in [2.45, 2.75) is 72.6 Å². The van der Waals surface area contributed by atoms with Gasteiger partial charge in [-0.1, -0.05) is 41.5 Å². The van der Waals surface area contributed by atoms with E-state index in [0.717, 1.165) is 38.4 Å². The second-order valence-corrected chi connectivity index (χ2v) is 12.2. The lowest BCUT2D eigenvalue weighted by Crippen LogP contribution is -2.57. The number of ether oxygens (including phenoxy) is 1. The largest absolute Gasteiger partial charge is 0.369 e. The van der Waals surface area contributed by atoms with Crippen molar-refractivity contribution in [2.75, 3.05) is 50.8 Å². The van der Waals surface area contributed by atoms with Gasteiger partial charge in [-0.05, 0) is 55.0 Å². The van der Waals surface area contributed by atoms with Crippen molar-refractivity contribution in [2.24, 2.45) is 17.3 Å². The zero-order valence-corrected chi connectivity index (χ0v) is 24.0. The Morgan fingerprint density at radius 2 is 1.74 bits per heavy atom. The monoisotopic (exact) mass is 526 g/mol. The number of hydrogen-bond donors (Lipinski definition) is 1. The number of benzene rings is 1. The van der Waals surface area contributed by atoms with Crippen molar-refractivity contribution in [3.8, 4) is 0 Å². The van der Waals surface area contributed by atoms with E-state index in [1.54, 1.807) is 4.90 Å². The molecule has 3 fully saturated rings. The Morgan fingerprint density at radius 3 is 2.32 bits per heavy atom. The average molecular weight is 527 g/mol. The lowest BCUT2D eigenvalue weighted by atomic mass is 9.80. The Balaban J connectivity index is 1.47. The minimum atomic E-state index is -0.744. The summed E-state index contributed by atoms with van der Waals surface area (Å²) in [4.78, 5) is 46.7. The molecular formula is C30H46N4O4. The second kappa shape index (κ2) is 11.7. The van der Waals surface area contributed by atoms with Crippen molar-refractivity contribution in [3.63, 3.8) is 0 Å². The van der Waals surface area contributed by atoms with Gasteiger partial charge in [0.1, 0.15) is 18.7 Å². The smallest absolute Gasteiger partial charge is 0.251 e. The van der Waals surface area contributed by atoms with Gasteiger partial charge in [-0.25, -0.2) is 0 Å². The summed E-state index contributed by atoms with van der Waals surface area (Å²) in [5.41, 5.74) is 1.16. The summed E-state index contributed by atoms with van der Waals surface area (Å²) in [5, 5.41) is 3.06. The molecule has 0 radical (unpaired) electrons. The highest BCUT2D eigenvalue weighted by molar-refractivity contribution is 5.99. The van der Waals surface area contributed by atoms with Crippen LogP contribution in [-0.4, -0.2) is 91.5 Å². The summed E-state index contributed by atoms with van der Waals surface area (Å²) in [6.45, 7) is 18.2. The van der Waals surface area contributed by atoms with Gasteiger partial charge in [-0.2, -0.15) is 0 Å². The second-order valence-electron chi connectivity index (χ2n) is 12.2. The van der Waals surface area contributed by atoms with Crippen LogP contribution in [0.2, 0.25) is 0 Å². The van der Waals surface area contributed by atoms with E-state index in [2.05, 4.69) is 35.9 Å². The van der Waals surface area contributed by atoms with E-state index in [-0.39, 0.29) is 42.1 Å². The summed E-state index contributed by atoms with van der Waals surface area (Å²) in [6.07, 6.45) is 1.61. The SMILES string of the molecule is CCCN1CCN(c2ccc(C(=O)N[C@H](C(=O)N3C[C@@H](C(C)C)[C@H]4OCC(=O)[C@H]43)C(C)(C)CC)cc2)CC1. The first-order chi connectivity index (χ1) is 18.1. The number of hydrogen-bond acceptors (Lipinski definition) is 6. The molecule has 3 heterocycles. The maximum absolute atomic E-state index is 14.0. The number of carbonyl (C=O) groups excluding carboxylic acids is 3. The predicted molar refractivity (Wildman–Crippen MR) is 149 cm³/mol. The molecule has 3 saturated heterocycles. The van der Waals surface area contributed by atoms with Gasteiger partial charge in [0.15, 0.2) is 5.78 Å². The molecule has 2 amide bonds. The molecule has 0 bridgehead atoms. The van der Waals surface area contributed by atoms with Gasteiger partial charge >= 0.3 is 0 Å². The fourth-order valence-electron chi connectivity index (χ4n) is 6.05. The average Bonchev–Trinajstić information content (AvgIpc) is 3.48. The molecule has 0 aliphatic carbocycles. The van der Waals surface area contributed by atoms with Crippen LogP contribution in [0, 0.1) is 17.3 Å². The minimum Gasteiger partial charge on any atom is -0.369 e. The molecule has 3 aliphatic heterocycles. The van der Waals surface area contributed by atoms with Crippen molar-refractivity contribution in [1.82, 2.24) is 15.1 Å². The van der Waals surface area contributed by atoms with Crippen molar-refractivity contribution in [3.05, 3.63) is 29.8 Å². The van der Waals surface area contributed by atoms with Crippen LogP contribution >= 0.6 is 0 Å².